The Morgan fingerprint density at radius 3 is 0.875 bits per heavy atom. The number of halogens is 8. The summed E-state index contributed by atoms with van der Waals surface area (Å²) in [6.45, 7) is 8.46. The molecule has 14 heteroatoms. The largest absolute Gasteiger partial charge is 0.271 e. The maximum Gasteiger partial charge on any atom is 0.261 e. The molecule has 0 bridgehead atoms. The molecule has 2 heterocycles. The SMILES string of the molecule is CCCCCCC(CCCCCC)n1c(=O)c2cc3c(I)c(-c4cc(F)c(F)c(F)c4)c4cc5c(=O)n(C(CCCCCC)CCCCCC)c(=O)c6cc7c(I)c(-c8cc(F)c(F)c(F)c8)c8cc(c1=O)c2c1c3c4c(c65)c7c81. The van der Waals surface area contributed by atoms with E-state index in [-0.39, 0.29) is 43.8 Å². The molecule has 9 aromatic carbocycles. The Bertz CT molecular complexity index is 4070. The highest BCUT2D eigenvalue weighted by molar-refractivity contribution is 14.1. The van der Waals surface area contributed by atoms with E-state index >= 15 is 45.5 Å². The van der Waals surface area contributed by atoms with Gasteiger partial charge in [-0.3, -0.25) is 28.3 Å². The van der Waals surface area contributed by atoms with Crippen molar-refractivity contribution in [3.8, 4) is 22.3 Å². The predicted molar refractivity (Wildman–Crippen MR) is 333 cm³/mol. The summed E-state index contributed by atoms with van der Waals surface area (Å²) in [5, 5.41) is 6.12. The van der Waals surface area contributed by atoms with Crippen LogP contribution >= 0.6 is 45.2 Å². The number of benzene rings is 9. The maximum absolute atomic E-state index is 15.8. The Kier molecular flexibility index (Phi) is 16.1. The standard InChI is InChI=1S/C66H62F6I2N2O4/c1-5-9-13-17-21-35(22-18-14-10-6-2)75-63(77)41-29-37-49(33-25-45(67)59(71)46(68)26-33)62(74)40-32-44-52-42(64(78)76(66(44)80)36(23-19-15-11-7-3)24-20-16-12-8-4)30-38-50(34-27-47(69)60(72)48(70)28-34)61(73)39-31-43(65(75)79)51(41)57-53(37)56(40)58(52)54(38)55(39)57/h25-32,35-36H,5-24H2,1-4H3. The molecule has 6 nitrogen and oxygen atoms in total. The Labute approximate surface area is 485 Å². The smallest absolute Gasteiger partial charge is 0.261 e. The third kappa shape index (κ3) is 9.08. The van der Waals surface area contributed by atoms with E-state index in [4.69, 9.17) is 0 Å². The van der Waals surface area contributed by atoms with Gasteiger partial charge in [0.1, 0.15) is 0 Å². The zero-order valence-corrected chi connectivity index (χ0v) is 49.8. The lowest BCUT2D eigenvalue weighted by atomic mass is 9.77. The van der Waals surface area contributed by atoms with Gasteiger partial charge in [-0.05, 0) is 174 Å². The van der Waals surface area contributed by atoms with Gasteiger partial charge in [-0.25, -0.2) is 26.3 Å². The minimum absolute atomic E-state index is 0.0290. The summed E-state index contributed by atoms with van der Waals surface area (Å²) >= 11 is 4.19. The molecule has 416 valence electrons. The predicted octanol–water partition coefficient (Wildman–Crippen LogP) is 19.5. The van der Waals surface area contributed by atoms with E-state index < -0.39 is 69.2 Å². The van der Waals surface area contributed by atoms with Crippen LogP contribution in [0.5, 0.6) is 0 Å². The molecule has 0 radical (unpaired) electrons. The zero-order chi connectivity index (χ0) is 56.6. The zero-order valence-electron chi connectivity index (χ0n) is 45.5. The van der Waals surface area contributed by atoms with Crippen LogP contribution in [-0.4, -0.2) is 9.13 Å². The van der Waals surface area contributed by atoms with Gasteiger partial charge in [0.05, 0.1) is 0 Å². The second-order valence-electron chi connectivity index (χ2n) is 22.4. The first-order chi connectivity index (χ1) is 38.6. The normalized spacial score (nSPS) is 12.7. The summed E-state index contributed by atoms with van der Waals surface area (Å²) in [4.78, 5) is 62.9. The summed E-state index contributed by atoms with van der Waals surface area (Å²) in [5.41, 5.74) is -1.59. The number of hydrogen-bond acceptors (Lipinski definition) is 4. The van der Waals surface area contributed by atoms with Gasteiger partial charge in [0.2, 0.25) is 0 Å². The highest BCUT2D eigenvalue weighted by Gasteiger charge is 2.34. The van der Waals surface area contributed by atoms with E-state index in [1.54, 1.807) is 24.3 Å². The van der Waals surface area contributed by atoms with Gasteiger partial charge < -0.3 is 0 Å². The first-order valence-electron chi connectivity index (χ1n) is 28.8. The summed E-state index contributed by atoms with van der Waals surface area (Å²) in [7, 11) is 0. The summed E-state index contributed by atoms with van der Waals surface area (Å²) in [6.07, 6.45) is 16.9. The summed E-state index contributed by atoms with van der Waals surface area (Å²) in [6, 6.07) is 9.59. The quantitative estimate of drug-likeness (QED) is 0.0151. The van der Waals surface area contributed by atoms with Crippen molar-refractivity contribution in [2.45, 2.75) is 168 Å². The van der Waals surface area contributed by atoms with Crippen molar-refractivity contribution in [2.75, 3.05) is 0 Å². The lowest BCUT2D eigenvalue weighted by Crippen LogP contribution is -2.37. The lowest BCUT2D eigenvalue weighted by Gasteiger charge is -2.28. The van der Waals surface area contributed by atoms with Crippen LogP contribution < -0.4 is 22.2 Å². The molecule has 0 atom stereocenters. The van der Waals surface area contributed by atoms with Gasteiger partial charge in [0, 0.05) is 73.4 Å². The fourth-order valence-corrected chi connectivity index (χ4v) is 15.6. The molecule has 2 aromatic heterocycles. The minimum Gasteiger partial charge on any atom is -0.271 e. The van der Waals surface area contributed by atoms with Gasteiger partial charge in [0.25, 0.3) is 22.2 Å². The van der Waals surface area contributed by atoms with E-state index in [0.29, 0.717) is 97.5 Å². The molecular weight excluding hydrogens is 1250 g/mol. The molecule has 0 amide bonds. The average molecular weight is 1320 g/mol. The maximum atomic E-state index is 15.8. The molecule has 0 unspecified atom stereocenters. The van der Waals surface area contributed by atoms with Gasteiger partial charge in [-0.1, -0.05) is 130 Å². The van der Waals surface area contributed by atoms with Crippen molar-refractivity contribution in [3.63, 3.8) is 0 Å². The van der Waals surface area contributed by atoms with Crippen LogP contribution in [0.2, 0.25) is 0 Å². The Morgan fingerprint density at radius 2 is 0.600 bits per heavy atom. The molecule has 0 saturated carbocycles. The lowest BCUT2D eigenvalue weighted by molar-refractivity contribution is 0.384. The average Bonchev–Trinajstić information content (AvgIpc) is 3.22. The molecule has 0 spiro atoms. The monoisotopic (exact) mass is 1310 g/mol. The van der Waals surface area contributed by atoms with Crippen LogP contribution in [0.15, 0.2) is 67.7 Å². The highest BCUT2D eigenvalue weighted by Crippen LogP contribution is 2.57. The number of rotatable bonds is 24. The third-order valence-corrected chi connectivity index (χ3v) is 19.6. The summed E-state index contributed by atoms with van der Waals surface area (Å²) in [5.74, 6) is -9.04. The van der Waals surface area contributed by atoms with Crippen molar-refractivity contribution in [1.82, 2.24) is 9.13 Å². The fraction of sp³-hybridized carbons (Fsp3) is 0.394. The van der Waals surface area contributed by atoms with Crippen LogP contribution in [0.1, 0.15) is 168 Å². The van der Waals surface area contributed by atoms with Gasteiger partial charge in [-0.2, -0.15) is 0 Å². The first kappa shape index (κ1) is 56.5. The molecule has 0 saturated heterocycles. The fourth-order valence-electron chi connectivity index (χ4n) is 13.6. The van der Waals surface area contributed by atoms with Crippen molar-refractivity contribution in [3.05, 3.63) is 132 Å². The van der Waals surface area contributed by atoms with E-state index in [1.165, 1.54) is 9.13 Å². The highest BCUT2D eigenvalue weighted by atomic mass is 127. The van der Waals surface area contributed by atoms with Crippen LogP contribution in [0, 0.1) is 42.0 Å². The third-order valence-electron chi connectivity index (χ3n) is 17.4. The molecule has 11 rings (SSSR count). The van der Waals surface area contributed by atoms with Crippen molar-refractivity contribution in [1.29, 1.82) is 0 Å². The van der Waals surface area contributed by atoms with Crippen LogP contribution in [0.3, 0.4) is 0 Å². The van der Waals surface area contributed by atoms with E-state index in [0.717, 1.165) is 127 Å². The molecule has 0 fully saturated rings. The topological polar surface area (TPSA) is 78.1 Å². The van der Waals surface area contributed by atoms with E-state index in [1.807, 2.05) is 0 Å². The molecule has 11 aromatic rings. The molecule has 0 aliphatic rings. The number of hydrogen-bond donors (Lipinski definition) is 0. The number of nitrogens with zero attached hydrogens (tertiary/aromatic N) is 2. The van der Waals surface area contributed by atoms with Gasteiger partial charge in [0.15, 0.2) is 34.9 Å². The molecular formula is C66H62F6I2N2O4. The minimum atomic E-state index is -1.66. The van der Waals surface area contributed by atoms with E-state index in [9.17, 15) is 0 Å². The van der Waals surface area contributed by atoms with Crippen molar-refractivity contribution < 1.29 is 26.3 Å². The van der Waals surface area contributed by atoms with E-state index in [2.05, 4.69) is 72.9 Å². The number of pyridine rings is 2. The number of unbranched alkanes of at least 4 members (excludes halogenated alkanes) is 12. The summed E-state index contributed by atoms with van der Waals surface area (Å²) < 4.78 is 96.7. The Hall–Kier alpha value is -5.36. The molecule has 80 heavy (non-hydrogen) atoms. The Morgan fingerprint density at radius 1 is 0.338 bits per heavy atom. The second-order valence-corrected chi connectivity index (χ2v) is 24.6. The first-order valence-corrected chi connectivity index (χ1v) is 31.0. The van der Waals surface area contributed by atoms with Gasteiger partial charge in [-0.15, -0.1) is 0 Å². The van der Waals surface area contributed by atoms with Crippen LogP contribution in [0.25, 0.3) is 108 Å². The number of aromatic nitrogens is 2. The van der Waals surface area contributed by atoms with Crippen LogP contribution in [0.4, 0.5) is 26.3 Å². The second kappa shape index (κ2) is 22.8. The Balaban J connectivity index is 1.38. The van der Waals surface area contributed by atoms with Crippen LogP contribution in [-0.2, 0) is 0 Å². The van der Waals surface area contributed by atoms with Crippen molar-refractivity contribution in [2.24, 2.45) is 0 Å². The molecule has 0 aliphatic heterocycles. The van der Waals surface area contributed by atoms with Gasteiger partial charge >= 0.3 is 0 Å². The molecule has 0 aliphatic carbocycles. The molecule has 0 N–H and O–H groups in total. The van der Waals surface area contributed by atoms with Crippen molar-refractivity contribution >= 4 is 131 Å².